The molecule has 1 aromatic heterocycles. The predicted molar refractivity (Wildman–Crippen MR) is 124 cm³/mol. The van der Waals surface area contributed by atoms with Crippen LogP contribution in [0.25, 0.3) is 0 Å². The van der Waals surface area contributed by atoms with Crippen molar-refractivity contribution in [3.63, 3.8) is 0 Å². The number of rotatable bonds is 9. The molecule has 0 saturated heterocycles. The summed E-state index contributed by atoms with van der Waals surface area (Å²) in [4.78, 5) is 29.4. The van der Waals surface area contributed by atoms with Gasteiger partial charge in [-0.3, -0.25) is 4.79 Å². The minimum atomic E-state index is -0.940. The molecule has 1 N–H and O–H groups in total. The molecule has 0 spiro atoms. The molecule has 6 nitrogen and oxygen atoms in total. The fourth-order valence-electron chi connectivity index (χ4n) is 3.34. The van der Waals surface area contributed by atoms with Crippen molar-refractivity contribution in [2.75, 3.05) is 0 Å². The molecule has 0 aliphatic heterocycles. The Morgan fingerprint density at radius 1 is 0.970 bits per heavy atom. The number of aromatic nitrogens is 1. The zero-order chi connectivity index (χ0) is 23.0. The molecule has 0 bridgehead atoms. The molecular weight excluding hydrogens is 438 g/mol. The van der Waals surface area contributed by atoms with Crippen LogP contribution in [0.1, 0.15) is 38.9 Å². The van der Waals surface area contributed by atoms with Gasteiger partial charge in [-0.05, 0) is 34.9 Å². The molecule has 3 aromatic carbocycles. The Bertz CT molecular complexity index is 1210. The van der Waals surface area contributed by atoms with Crippen molar-refractivity contribution in [1.29, 1.82) is 0 Å². The number of oxazole rings is 1. The van der Waals surface area contributed by atoms with Gasteiger partial charge in [-0.1, -0.05) is 60.7 Å². The first-order valence-electron chi connectivity index (χ1n) is 10.3. The predicted octanol–water partition coefficient (Wildman–Crippen LogP) is 5.54. The lowest BCUT2D eigenvalue weighted by atomic mass is 9.99. The molecule has 0 radical (unpaired) electrons. The largest absolute Gasteiger partial charge is 0.478 e. The summed E-state index contributed by atoms with van der Waals surface area (Å²) in [5.74, 6) is -1.38. The minimum Gasteiger partial charge on any atom is -0.478 e. The van der Waals surface area contributed by atoms with E-state index >= 15 is 0 Å². The summed E-state index contributed by atoms with van der Waals surface area (Å²) < 4.78 is 11.0. The third-order valence-corrected chi connectivity index (χ3v) is 6.07. The van der Waals surface area contributed by atoms with Crippen LogP contribution in [0.3, 0.4) is 0 Å². The number of hydrogen-bond donors (Lipinski definition) is 1. The average Bonchev–Trinajstić information content (AvgIpc) is 3.37. The molecule has 0 amide bonds. The van der Waals surface area contributed by atoms with Gasteiger partial charge in [0.2, 0.25) is 5.89 Å². The standard InChI is InChI=1S/C26H21NO5S/c28-25(29)22-9-5-4-8-20(22)17-33-21-12-10-19(11-13-21)23(24-27-14-15-31-24)26(30)32-16-18-6-2-1-3-7-18/h1-15,23H,16-17H2,(H,28,29). The maximum absolute atomic E-state index is 12.9. The SMILES string of the molecule is O=C(O)c1ccccc1CSc1ccc(C(C(=O)OCc2ccccc2)c2ncco2)cc1. The van der Waals surface area contributed by atoms with Crippen molar-refractivity contribution in [3.8, 4) is 0 Å². The summed E-state index contributed by atoms with van der Waals surface area (Å²) in [5.41, 5.74) is 2.64. The Labute approximate surface area is 195 Å². The number of esters is 1. The van der Waals surface area contributed by atoms with Gasteiger partial charge in [0.25, 0.3) is 0 Å². The van der Waals surface area contributed by atoms with Gasteiger partial charge in [0.05, 0.1) is 11.8 Å². The molecule has 0 aliphatic carbocycles. The molecule has 1 unspecified atom stereocenters. The molecule has 7 heteroatoms. The summed E-state index contributed by atoms with van der Waals surface area (Å²) in [5, 5.41) is 9.35. The fraction of sp³-hybridized carbons (Fsp3) is 0.115. The van der Waals surface area contributed by atoms with Gasteiger partial charge in [-0.2, -0.15) is 0 Å². The van der Waals surface area contributed by atoms with Crippen LogP contribution in [0.4, 0.5) is 0 Å². The molecule has 4 aromatic rings. The summed E-state index contributed by atoms with van der Waals surface area (Å²) in [6.45, 7) is 0.161. The zero-order valence-electron chi connectivity index (χ0n) is 17.6. The topological polar surface area (TPSA) is 89.6 Å². The molecule has 1 atom stereocenters. The smallest absolute Gasteiger partial charge is 0.335 e. The maximum atomic E-state index is 12.9. The van der Waals surface area contributed by atoms with Crippen molar-refractivity contribution in [2.24, 2.45) is 0 Å². The van der Waals surface area contributed by atoms with E-state index in [0.717, 1.165) is 16.0 Å². The summed E-state index contributed by atoms with van der Waals surface area (Å²) in [7, 11) is 0. The van der Waals surface area contributed by atoms with E-state index in [-0.39, 0.29) is 12.5 Å². The van der Waals surface area contributed by atoms with Crippen LogP contribution in [0.2, 0.25) is 0 Å². The Morgan fingerprint density at radius 3 is 2.39 bits per heavy atom. The van der Waals surface area contributed by atoms with Gasteiger partial charge in [0.15, 0.2) is 5.92 Å². The highest BCUT2D eigenvalue weighted by Crippen LogP contribution is 2.29. The zero-order valence-corrected chi connectivity index (χ0v) is 18.4. The van der Waals surface area contributed by atoms with Crippen molar-refractivity contribution >= 4 is 23.7 Å². The molecule has 166 valence electrons. The summed E-state index contributed by atoms with van der Waals surface area (Å²) >= 11 is 1.52. The third-order valence-electron chi connectivity index (χ3n) is 5.01. The van der Waals surface area contributed by atoms with Crippen molar-refractivity contribution < 1.29 is 23.8 Å². The molecule has 0 fully saturated rings. The highest BCUT2D eigenvalue weighted by atomic mass is 32.2. The second kappa shape index (κ2) is 10.7. The van der Waals surface area contributed by atoms with Crippen LogP contribution in [0.5, 0.6) is 0 Å². The van der Waals surface area contributed by atoms with Crippen LogP contribution < -0.4 is 0 Å². The quantitative estimate of drug-likeness (QED) is 0.260. The van der Waals surface area contributed by atoms with E-state index in [4.69, 9.17) is 9.15 Å². The first-order chi connectivity index (χ1) is 16.1. The fourth-order valence-corrected chi connectivity index (χ4v) is 4.24. The Balaban J connectivity index is 1.47. The summed E-state index contributed by atoms with van der Waals surface area (Å²) in [6.07, 6.45) is 2.92. The molecule has 0 aliphatic rings. The first-order valence-corrected chi connectivity index (χ1v) is 11.2. The lowest BCUT2D eigenvalue weighted by molar-refractivity contribution is -0.146. The number of carbonyl (C=O) groups is 2. The Kier molecular flexibility index (Phi) is 7.22. The van der Waals surface area contributed by atoms with Crippen LogP contribution in [-0.2, 0) is 21.9 Å². The van der Waals surface area contributed by atoms with Crippen molar-refractivity contribution in [3.05, 3.63) is 119 Å². The van der Waals surface area contributed by atoms with Gasteiger partial charge in [-0.15, -0.1) is 11.8 Å². The number of ether oxygens (including phenoxy) is 1. The Hall–Kier alpha value is -3.84. The van der Waals surface area contributed by atoms with E-state index in [1.165, 1.54) is 24.2 Å². The number of nitrogens with zero attached hydrogens (tertiary/aromatic N) is 1. The van der Waals surface area contributed by atoms with Gasteiger partial charge in [0, 0.05) is 10.6 Å². The van der Waals surface area contributed by atoms with E-state index < -0.39 is 17.9 Å². The van der Waals surface area contributed by atoms with Crippen LogP contribution in [0.15, 0.2) is 101 Å². The second-order valence-electron chi connectivity index (χ2n) is 7.22. The van der Waals surface area contributed by atoms with Gasteiger partial charge < -0.3 is 14.3 Å². The van der Waals surface area contributed by atoms with Crippen LogP contribution >= 0.6 is 11.8 Å². The van der Waals surface area contributed by atoms with Gasteiger partial charge in [-0.25, -0.2) is 9.78 Å². The van der Waals surface area contributed by atoms with E-state index in [0.29, 0.717) is 16.9 Å². The number of carboxylic acid groups (broad SMARTS) is 1. The highest BCUT2D eigenvalue weighted by Gasteiger charge is 2.28. The Morgan fingerprint density at radius 2 is 1.70 bits per heavy atom. The number of benzene rings is 3. The monoisotopic (exact) mass is 459 g/mol. The average molecular weight is 460 g/mol. The maximum Gasteiger partial charge on any atom is 0.335 e. The van der Waals surface area contributed by atoms with Crippen molar-refractivity contribution in [1.82, 2.24) is 4.98 Å². The van der Waals surface area contributed by atoms with Gasteiger partial charge in [0.1, 0.15) is 12.9 Å². The number of thioether (sulfide) groups is 1. The third kappa shape index (κ3) is 5.70. The second-order valence-corrected chi connectivity index (χ2v) is 8.27. The number of carboxylic acids is 1. The molecule has 0 saturated carbocycles. The molecule has 4 rings (SSSR count). The number of carbonyl (C=O) groups excluding carboxylic acids is 1. The van der Waals surface area contributed by atoms with Crippen LogP contribution in [-0.4, -0.2) is 22.0 Å². The van der Waals surface area contributed by atoms with E-state index in [1.807, 2.05) is 66.7 Å². The van der Waals surface area contributed by atoms with E-state index in [1.54, 1.807) is 12.1 Å². The molecule has 1 heterocycles. The minimum absolute atomic E-state index is 0.161. The first kappa shape index (κ1) is 22.4. The van der Waals surface area contributed by atoms with Crippen LogP contribution in [0, 0.1) is 0 Å². The summed E-state index contributed by atoms with van der Waals surface area (Å²) in [6, 6.07) is 23.9. The number of aromatic carboxylic acids is 1. The van der Waals surface area contributed by atoms with E-state index in [2.05, 4.69) is 4.98 Å². The van der Waals surface area contributed by atoms with Gasteiger partial charge >= 0.3 is 11.9 Å². The van der Waals surface area contributed by atoms with E-state index in [9.17, 15) is 14.7 Å². The van der Waals surface area contributed by atoms with Crippen molar-refractivity contribution in [2.45, 2.75) is 23.2 Å². The normalized spacial score (nSPS) is 11.6. The lowest BCUT2D eigenvalue weighted by Crippen LogP contribution is -2.17. The number of hydrogen-bond acceptors (Lipinski definition) is 6. The lowest BCUT2D eigenvalue weighted by Gasteiger charge is -2.14. The highest BCUT2D eigenvalue weighted by molar-refractivity contribution is 7.98. The molecule has 33 heavy (non-hydrogen) atoms. The molecular formula is C26H21NO5S.